The first-order chi connectivity index (χ1) is 11.1. The van der Waals surface area contributed by atoms with Crippen LogP contribution in [0, 0.1) is 6.92 Å². The number of nitrogens with one attached hydrogen (secondary N) is 2. The normalized spacial score (nSPS) is 10.0. The quantitative estimate of drug-likeness (QED) is 0.564. The maximum Gasteiger partial charge on any atom is 0.321 e. The van der Waals surface area contributed by atoms with Gasteiger partial charge in [0.1, 0.15) is 5.75 Å². The summed E-state index contributed by atoms with van der Waals surface area (Å²) in [6.07, 6.45) is 0. The third kappa shape index (κ3) is 4.81. The van der Waals surface area contributed by atoms with E-state index in [9.17, 15) is 9.90 Å². The number of anilines is 1. The number of amides is 2. The number of rotatable bonds is 6. The summed E-state index contributed by atoms with van der Waals surface area (Å²) in [4.78, 5) is 11.9. The van der Waals surface area contributed by atoms with E-state index in [1.165, 1.54) is 6.07 Å². The minimum Gasteiger partial charge on any atom is -0.508 e. The molecule has 6 heteroatoms. The van der Waals surface area contributed by atoms with Crippen LogP contribution in [0.3, 0.4) is 0 Å². The molecule has 6 nitrogen and oxygen atoms in total. The lowest BCUT2D eigenvalue weighted by Crippen LogP contribution is -2.32. The van der Waals surface area contributed by atoms with Crippen molar-refractivity contribution in [3.05, 3.63) is 48.0 Å². The van der Waals surface area contributed by atoms with Crippen molar-refractivity contribution in [1.29, 1.82) is 0 Å². The first kappa shape index (κ1) is 16.5. The fourth-order valence-electron chi connectivity index (χ4n) is 1.98. The molecule has 0 unspecified atom stereocenters. The SMILES string of the molecule is CCOc1ccccc1OCNC(=O)Nc1ccc(O)cc1C. The Labute approximate surface area is 135 Å². The van der Waals surface area contributed by atoms with Crippen LogP contribution >= 0.6 is 0 Å². The van der Waals surface area contributed by atoms with Crippen molar-refractivity contribution in [3.8, 4) is 17.2 Å². The van der Waals surface area contributed by atoms with Crippen molar-refractivity contribution in [2.45, 2.75) is 13.8 Å². The van der Waals surface area contributed by atoms with Gasteiger partial charge in [0.25, 0.3) is 0 Å². The highest BCUT2D eigenvalue weighted by atomic mass is 16.5. The van der Waals surface area contributed by atoms with Crippen LogP contribution in [0.15, 0.2) is 42.5 Å². The van der Waals surface area contributed by atoms with Gasteiger partial charge in [-0.3, -0.25) is 0 Å². The summed E-state index contributed by atoms with van der Waals surface area (Å²) < 4.78 is 11.0. The predicted molar refractivity (Wildman–Crippen MR) is 88.1 cm³/mol. The summed E-state index contributed by atoms with van der Waals surface area (Å²) in [6, 6.07) is 11.6. The monoisotopic (exact) mass is 316 g/mol. The van der Waals surface area contributed by atoms with E-state index in [4.69, 9.17) is 9.47 Å². The number of ether oxygens (including phenoxy) is 2. The molecule has 2 amide bonds. The van der Waals surface area contributed by atoms with E-state index in [0.29, 0.717) is 23.8 Å². The molecule has 0 aromatic heterocycles. The molecule has 2 aromatic rings. The second-order valence-electron chi connectivity index (χ2n) is 4.80. The zero-order valence-electron chi connectivity index (χ0n) is 13.1. The van der Waals surface area contributed by atoms with Crippen LogP contribution < -0.4 is 20.1 Å². The fraction of sp³-hybridized carbons (Fsp3) is 0.235. The van der Waals surface area contributed by atoms with Crippen LogP contribution in [-0.4, -0.2) is 24.5 Å². The maximum absolute atomic E-state index is 11.9. The van der Waals surface area contributed by atoms with Gasteiger partial charge in [-0.15, -0.1) is 0 Å². The topological polar surface area (TPSA) is 79.8 Å². The lowest BCUT2D eigenvalue weighted by molar-refractivity contribution is 0.229. The molecule has 0 spiro atoms. The molecule has 2 aromatic carbocycles. The molecule has 3 N–H and O–H groups in total. The number of carbonyl (C=O) groups excluding carboxylic acids is 1. The molecule has 0 saturated carbocycles. The van der Waals surface area contributed by atoms with Crippen LogP contribution in [0.25, 0.3) is 0 Å². The van der Waals surface area contributed by atoms with Crippen LogP contribution in [0.5, 0.6) is 17.2 Å². The summed E-state index contributed by atoms with van der Waals surface area (Å²) in [5.74, 6) is 1.35. The summed E-state index contributed by atoms with van der Waals surface area (Å²) in [5.41, 5.74) is 1.39. The Morgan fingerprint density at radius 1 is 1.13 bits per heavy atom. The Bertz CT molecular complexity index is 673. The summed E-state index contributed by atoms with van der Waals surface area (Å²) >= 11 is 0. The van der Waals surface area contributed by atoms with E-state index >= 15 is 0 Å². The second-order valence-corrected chi connectivity index (χ2v) is 4.80. The van der Waals surface area contributed by atoms with Crippen molar-refractivity contribution < 1.29 is 19.4 Å². The van der Waals surface area contributed by atoms with E-state index < -0.39 is 6.03 Å². The Morgan fingerprint density at radius 3 is 2.48 bits per heavy atom. The van der Waals surface area contributed by atoms with Crippen molar-refractivity contribution in [1.82, 2.24) is 5.32 Å². The maximum atomic E-state index is 11.9. The van der Waals surface area contributed by atoms with E-state index in [2.05, 4.69) is 10.6 Å². The van der Waals surface area contributed by atoms with E-state index in [1.807, 2.05) is 19.1 Å². The number of benzene rings is 2. The lowest BCUT2D eigenvalue weighted by Gasteiger charge is -2.13. The number of para-hydroxylation sites is 2. The second kappa shape index (κ2) is 7.93. The van der Waals surface area contributed by atoms with Crippen LogP contribution in [-0.2, 0) is 0 Å². The number of aryl methyl sites for hydroxylation is 1. The number of urea groups is 1. The molecule has 0 heterocycles. The van der Waals surface area contributed by atoms with Gasteiger partial charge >= 0.3 is 6.03 Å². The average Bonchev–Trinajstić information content (AvgIpc) is 2.52. The number of carbonyl (C=O) groups is 1. The molecule has 122 valence electrons. The van der Waals surface area contributed by atoms with Gasteiger partial charge in [-0.25, -0.2) is 4.79 Å². The summed E-state index contributed by atoms with van der Waals surface area (Å²) in [7, 11) is 0. The molecule has 23 heavy (non-hydrogen) atoms. The fourth-order valence-corrected chi connectivity index (χ4v) is 1.98. The van der Waals surface area contributed by atoms with Crippen LogP contribution in [0.4, 0.5) is 10.5 Å². The Hall–Kier alpha value is -2.89. The lowest BCUT2D eigenvalue weighted by atomic mass is 10.2. The molecule has 0 atom stereocenters. The van der Waals surface area contributed by atoms with Gasteiger partial charge in [0, 0.05) is 5.69 Å². The van der Waals surface area contributed by atoms with Gasteiger partial charge in [0.15, 0.2) is 18.2 Å². The smallest absolute Gasteiger partial charge is 0.321 e. The van der Waals surface area contributed by atoms with Gasteiger partial charge in [0.2, 0.25) is 0 Å². The number of phenolic OH excluding ortho intramolecular Hbond substituents is 1. The predicted octanol–water partition coefficient (Wildman–Crippen LogP) is 3.26. The molecule has 2 rings (SSSR count). The van der Waals surface area contributed by atoms with E-state index in [0.717, 1.165) is 5.56 Å². The van der Waals surface area contributed by atoms with Crippen molar-refractivity contribution in [2.24, 2.45) is 0 Å². The highest BCUT2D eigenvalue weighted by molar-refractivity contribution is 5.90. The van der Waals surface area contributed by atoms with Gasteiger partial charge in [-0.2, -0.15) is 0 Å². The summed E-state index contributed by atoms with van der Waals surface area (Å²) in [6.45, 7) is 4.23. The molecule has 0 bridgehead atoms. The summed E-state index contributed by atoms with van der Waals surface area (Å²) in [5, 5.41) is 14.6. The highest BCUT2D eigenvalue weighted by Gasteiger charge is 2.06. The Morgan fingerprint density at radius 2 is 1.83 bits per heavy atom. The zero-order chi connectivity index (χ0) is 16.7. The minimum atomic E-state index is -0.396. The highest BCUT2D eigenvalue weighted by Crippen LogP contribution is 2.26. The first-order valence-corrected chi connectivity index (χ1v) is 7.29. The average molecular weight is 316 g/mol. The molecule has 0 aliphatic heterocycles. The van der Waals surface area contributed by atoms with Crippen LogP contribution in [0.1, 0.15) is 12.5 Å². The molecule has 0 aliphatic carbocycles. The molecule has 0 saturated heterocycles. The Kier molecular flexibility index (Phi) is 5.68. The zero-order valence-corrected chi connectivity index (χ0v) is 13.1. The van der Waals surface area contributed by atoms with Crippen molar-refractivity contribution in [2.75, 3.05) is 18.7 Å². The van der Waals surface area contributed by atoms with Crippen molar-refractivity contribution >= 4 is 11.7 Å². The van der Waals surface area contributed by atoms with Crippen molar-refractivity contribution in [3.63, 3.8) is 0 Å². The van der Waals surface area contributed by atoms with Gasteiger partial charge < -0.3 is 25.2 Å². The standard InChI is InChI=1S/C17H20N2O4/c1-3-22-15-6-4-5-7-16(15)23-11-18-17(21)19-14-9-8-13(20)10-12(14)2/h4-10,20H,3,11H2,1-2H3,(H2,18,19,21). The number of phenols is 1. The molecule has 0 aliphatic rings. The Balaban J connectivity index is 1.85. The molecular weight excluding hydrogens is 296 g/mol. The third-order valence-corrected chi connectivity index (χ3v) is 3.07. The largest absolute Gasteiger partial charge is 0.508 e. The molecule has 0 fully saturated rings. The minimum absolute atomic E-state index is 0.00700. The van der Waals surface area contributed by atoms with E-state index in [1.54, 1.807) is 31.2 Å². The molecular formula is C17H20N2O4. The van der Waals surface area contributed by atoms with Gasteiger partial charge in [-0.1, -0.05) is 12.1 Å². The number of hydrogen-bond donors (Lipinski definition) is 3. The van der Waals surface area contributed by atoms with E-state index in [-0.39, 0.29) is 12.5 Å². The first-order valence-electron chi connectivity index (χ1n) is 7.29. The van der Waals surface area contributed by atoms with Gasteiger partial charge in [0.05, 0.1) is 6.61 Å². The number of aromatic hydroxyl groups is 1. The molecule has 0 radical (unpaired) electrons. The van der Waals surface area contributed by atoms with Gasteiger partial charge in [-0.05, 0) is 49.7 Å². The number of hydrogen-bond acceptors (Lipinski definition) is 4. The van der Waals surface area contributed by atoms with Crippen LogP contribution in [0.2, 0.25) is 0 Å². The third-order valence-electron chi connectivity index (χ3n) is 3.07.